The molecule has 5 rings (SSSR count). The minimum absolute atomic E-state index is 0.0302. The maximum absolute atomic E-state index is 14.4. The third-order valence-electron chi connectivity index (χ3n) is 12.9. The zero-order valence-corrected chi connectivity index (χ0v) is 23.8. The van der Waals surface area contributed by atoms with Crippen molar-refractivity contribution in [3.8, 4) is 0 Å². The molecular weight excluding hydrogens is 456 g/mol. The number of carbonyl (C=O) groups is 2. The molecule has 5 aliphatic carbocycles. The molecule has 0 saturated heterocycles. The number of nitrogens with one attached hydrogen (secondary N) is 2. The van der Waals surface area contributed by atoms with Crippen molar-refractivity contribution in [2.75, 3.05) is 12.8 Å². The second kappa shape index (κ2) is 7.96. The lowest BCUT2D eigenvalue weighted by molar-refractivity contribution is -0.168. The Bertz CT molecular complexity index is 926. The van der Waals surface area contributed by atoms with E-state index in [1.807, 2.05) is 20.9 Å². The fraction of sp³-hybridized carbons (Fsp3) is 0.931. The molecule has 35 heavy (non-hydrogen) atoms. The van der Waals surface area contributed by atoms with Gasteiger partial charge in [0.1, 0.15) is 5.78 Å². The summed E-state index contributed by atoms with van der Waals surface area (Å²) >= 11 is 4.86. The number of amides is 1. The predicted octanol–water partition coefficient (Wildman–Crippen LogP) is 4.23. The van der Waals surface area contributed by atoms with Crippen LogP contribution in [0.3, 0.4) is 0 Å². The van der Waals surface area contributed by atoms with Crippen LogP contribution in [0, 0.1) is 50.7 Å². The Kier molecular flexibility index (Phi) is 5.92. The Morgan fingerprint density at radius 1 is 1.11 bits per heavy atom. The number of carbonyl (C=O) groups excluding carboxylic acids is 2. The van der Waals surface area contributed by atoms with Crippen LogP contribution >= 0.6 is 12.6 Å². The number of thiol groups is 1. The third kappa shape index (κ3) is 2.97. The molecule has 5 fully saturated rings. The van der Waals surface area contributed by atoms with E-state index in [0.29, 0.717) is 24.0 Å². The predicted molar refractivity (Wildman–Crippen MR) is 142 cm³/mol. The minimum Gasteiger partial charge on any atom is -0.393 e. The van der Waals surface area contributed by atoms with Crippen molar-refractivity contribution in [1.82, 2.24) is 10.6 Å². The third-order valence-corrected chi connectivity index (χ3v) is 13.6. The van der Waals surface area contributed by atoms with Crippen LogP contribution in [0.2, 0.25) is 0 Å². The van der Waals surface area contributed by atoms with Gasteiger partial charge in [-0.25, -0.2) is 0 Å². The van der Waals surface area contributed by atoms with Crippen LogP contribution in [-0.4, -0.2) is 47.8 Å². The van der Waals surface area contributed by atoms with Crippen LogP contribution in [0.4, 0.5) is 0 Å². The molecule has 0 aliphatic heterocycles. The lowest BCUT2D eigenvalue weighted by Crippen LogP contribution is -2.63. The molecule has 1 amide bonds. The maximum atomic E-state index is 14.4. The SMILES string of the molecule is CN[C@@H](C)[C@H]1[C@H](O)C[C@@]2(C)[C@@H]3CC[C@H]4[C@](C)(CS)[C@@H](NC(=O)C(C)C)CC[C@@]45C[C@]35C(=O)C[C@]12C. The standard InChI is InChI=1S/C29H48N2O3S/c1-16(2)24(34)31-21-10-11-28-14-29(28)20(9-8-19(28)25(21,4)15-35)26(5)12-18(32)23(17(3)30-7)27(26,6)13-22(29)33/h16-21,23,30,32,35H,8-15H2,1-7H3,(H,31,34)/t17-,18+,19-,20-,21-,23-,25-,26-,27+,28+,29+/m0/s1. The molecule has 11 atom stereocenters. The summed E-state index contributed by atoms with van der Waals surface area (Å²) in [5.74, 6) is 2.14. The van der Waals surface area contributed by atoms with Gasteiger partial charge in [-0.05, 0) is 91.7 Å². The smallest absolute Gasteiger partial charge is 0.222 e. The molecule has 0 aromatic carbocycles. The fourth-order valence-corrected chi connectivity index (χ4v) is 11.3. The number of rotatable bonds is 5. The van der Waals surface area contributed by atoms with Crippen molar-refractivity contribution >= 4 is 24.3 Å². The lowest BCUT2D eigenvalue weighted by Gasteiger charge is -2.63. The number of aliphatic hydroxyl groups excluding tert-OH is 1. The zero-order valence-electron chi connectivity index (χ0n) is 22.9. The number of ketones is 1. The van der Waals surface area contributed by atoms with Gasteiger partial charge in [-0.3, -0.25) is 9.59 Å². The Morgan fingerprint density at radius 3 is 2.37 bits per heavy atom. The molecule has 0 heterocycles. The zero-order chi connectivity index (χ0) is 25.8. The molecule has 6 heteroatoms. The van der Waals surface area contributed by atoms with Gasteiger partial charge < -0.3 is 15.7 Å². The molecule has 0 aromatic rings. The highest BCUT2D eigenvalue weighted by atomic mass is 32.1. The van der Waals surface area contributed by atoms with Crippen LogP contribution in [0.1, 0.15) is 86.5 Å². The van der Waals surface area contributed by atoms with Crippen molar-refractivity contribution in [2.45, 2.75) is 105 Å². The van der Waals surface area contributed by atoms with E-state index in [0.717, 1.165) is 44.3 Å². The van der Waals surface area contributed by atoms with Gasteiger partial charge in [-0.1, -0.05) is 34.6 Å². The van der Waals surface area contributed by atoms with Gasteiger partial charge in [0.25, 0.3) is 0 Å². The average Bonchev–Trinajstić information content (AvgIpc) is 3.44. The summed E-state index contributed by atoms with van der Waals surface area (Å²) in [5, 5.41) is 18.1. The Hall–Kier alpha value is -0.590. The van der Waals surface area contributed by atoms with Gasteiger partial charge in [0.15, 0.2) is 0 Å². The van der Waals surface area contributed by atoms with Gasteiger partial charge >= 0.3 is 0 Å². The Morgan fingerprint density at radius 2 is 1.77 bits per heavy atom. The number of aliphatic hydroxyl groups is 1. The number of hydrogen-bond donors (Lipinski definition) is 4. The van der Waals surface area contributed by atoms with E-state index in [1.165, 1.54) is 0 Å². The summed E-state index contributed by atoms with van der Waals surface area (Å²) in [4.78, 5) is 27.0. The van der Waals surface area contributed by atoms with E-state index < -0.39 is 0 Å². The van der Waals surface area contributed by atoms with E-state index in [9.17, 15) is 14.7 Å². The summed E-state index contributed by atoms with van der Waals surface area (Å²) in [6.45, 7) is 13.1. The van der Waals surface area contributed by atoms with Gasteiger partial charge in [0, 0.05) is 35.8 Å². The Balaban J connectivity index is 1.51. The highest BCUT2D eigenvalue weighted by Crippen LogP contribution is 2.87. The van der Waals surface area contributed by atoms with Gasteiger partial charge in [-0.15, -0.1) is 0 Å². The maximum Gasteiger partial charge on any atom is 0.222 e. The summed E-state index contributed by atoms with van der Waals surface area (Å²) < 4.78 is 0. The normalized spacial score (nSPS) is 53.3. The fourth-order valence-electron chi connectivity index (χ4n) is 10.9. The van der Waals surface area contributed by atoms with Crippen LogP contribution < -0.4 is 10.6 Å². The van der Waals surface area contributed by atoms with Gasteiger partial charge in [-0.2, -0.15) is 12.6 Å². The van der Waals surface area contributed by atoms with E-state index in [4.69, 9.17) is 12.6 Å². The molecule has 0 aromatic heterocycles. The highest BCUT2D eigenvalue weighted by molar-refractivity contribution is 7.80. The largest absolute Gasteiger partial charge is 0.393 e. The molecule has 0 unspecified atom stereocenters. The van der Waals surface area contributed by atoms with Crippen LogP contribution in [0.5, 0.6) is 0 Å². The molecule has 0 bridgehead atoms. The Labute approximate surface area is 217 Å². The van der Waals surface area contributed by atoms with Crippen molar-refractivity contribution < 1.29 is 14.7 Å². The first-order valence-corrected chi connectivity index (χ1v) is 14.7. The van der Waals surface area contributed by atoms with Crippen molar-refractivity contribution in [2.24, 2.45) is 50.7 Å². The molecule has 3 N–H and O–H groups in total. The van der Waals surface area contributed by atoms with Crippen LogP contribution in [0.25, 0.3) is 0 Å². The second-order valence-corrected chi connectivity index (χ2v) is 14.5. The molecule has 2 spiro atoms. The van der Waals surface area contributed by atoms with Crippen molar-refractivity contribution in [1.29, 1.82) is 0 Å². The summed E-state index contributed by atoms with van der Waals surface area (Å²) in [6.07, 6.45) is 6.14. The first-order valence-electron chi connectivity index (χ1n) is 14.1. The number of Topliss-reactive ketones (excluding diaryl/α,β-unsaturated/α-hetero) is 1. The minimum atomic E-state index is -0.368. The monoisotopic (exact) mass is 504 g/mol. The first kappa shape index (κ1) is 26.0. The van der Waals surface area contributed by atoms with Crippen LogP contribution in [0.15, 0.2) is 0 Å². The quantitative estimate of drug-likeness (QED) is 0.423. The molecule has 0 radical (unpaired) electrons. The molecule has 5 saturated carbocycles. The first-order chi connectivity index (χ1) is 16.3. The van der Waals surface area contributed by atoms with Crippen molar-refractivity contribution in [3.63, 3.8) is 0 Å². The van der Waals surface area contributed by atoms with E-state index in [-0.39, 0.29) is 63.0 Å². The lowest BCUT2D eigenvalue weighted by atomic mass is 9.41. The summed E-state index contributed by atoms with van der Waals surface area (Å²) in [6, 6.07) is 0.295. The second-order valence-electron chi connectivity index (χ2n) is 14.2. The summed E-state index contributed by atoms with van der Waals surface area (Å²) in [7, 11) is 1.97. The van der Waals surface area contributed by atoms with Crippen LogP contribution in [-0.2, 0) is 9.59 Å². The molecular formula is C29H48N2O3S. The molecule has 5 aliphatic rings. The molecule has 5 nitrogen and oxygen atoms in total. The topological polar surface area (TPSA) is 78.4 Å². The molecule has 198 valence electrons. The van der Waals surface area contributed by atoms with Crippen molar-refractivity contribution in [3.05, 3.63) is 0 Å². The van der Waals surface area contributed by atoms with Gasteiger partial charge in [0.05, 0.1) is 6.10 Å². The highest BCUT2D eigenvalue weighted by Gasteiger charge is 2.86. The van der Waals surface area contributed by atoms with Gasteiger partial charge in [0.2, 0.25) is 5.91 Å². The number of fused-ring (bicyclic) bond motifs is 2. The van der Waals surface area contributed by atoms with E-state index >= 15 is 0 Å². The summed E-state index contributed by atoms with van der Waals surface area (Å²) in [5.41, 5.74) is -0.524. The van der Waals surface area contributed by atoms with E-state index in [1.54, 1.807) is 0 Å². The van der Waals surface area contributed by atoms with E-state index in [2.05, 4.69) is 38.3 Å². The number of hydrogen-bond acceptors (Lipinski definition) is 5. The average molecular weight is 505 g/mol.